The summed E-state index contributed by atoms with van der Waals surface area (Å²) in [5, 5.41) is 0. The molecule has 0 radical (unpaired) electrons. The van der Waals surface area contributed by atoms with Gasteiger partial charge in [0.1, 0.15) is 0 Å². The van der Waals surface area contributed by atoms with Gasteiger partial charge in [0.05, 0.1) is 0 Å². The zero-order valence-electron chi connectivity index (χ0n) is 9.41. The predicted molar refractivity (Wildman–Crippen MR) is 41.1 cm³/mol. The monoisotopic (exact) mass is 348 g/mol. The molecule has 0 bridgehead atoms. The molecule has 0 aliphatic rings. The third kappa shape index (κ3) is 3.65. The Balaban J connectivity index is 5.52. The van der Waals surface area contributed by atoms with E-state index in [1.54, 1.807) is 0 Å². The Labute approximate surface area is 107 Å². The summed E-state index contributed by atoms with van der Waals surface area (Å²) in [5.74, 6) is -27.5. The summed E-state index contributed by atoms with van der Waals surface area (Å²) in [7, 11) is 0. The number of alkyl halides is 13. The van der Waals surface area contributed by atoms with Crippen LogP contribution in [0.2, 0.25) is 0 Å². The SMILES string of the molecule is FC(F)C(F)(F)C(F)(F)C(F)(F)C(F)(F)CCC(F)(F)F. The van der Waals surface area contributed by atoms with Crippen LogP contribution in [0.25, 0.3) is 0 Å². The second-order valence-corrected chi connectivity index (χ2v) is 3.89. The van der Waals surface area contributed by atoms with Gasteiger partial charge >= 0.3 is 36.3 Å². The first-order chi connectivity index (χ1) is 8.90. The Morgan fingerprint density at radius 2 is 0.952 bits per heavy atom. The van der Waals surface area contributed by atoms with E-state index in [2.05, 4.69) is 0 Å². The summed E-state index contributed by atoms with van der Waals surface area (Å²) in [4.78, 5) is 0. The van der Waals surface area contributed by atoms with Gasteiger partial charge in [-0.15, -0.1) is 0 Å². The molecule has 0 rings (SSSR count). The van der Waals surface area contributed by atoms with Gasteiger partial charge in [0.25, 0.3) is 0 Å². The van der Waals surface area contributed by atoms with Gasteiger partial charge in [0.2, 0.25) is 0 Å². The van der Waals surface area contributed by atoms with Crippen LogP contribution in [0.5, 0.6) is 0 Å². The van der Waals surface area contributed by atoms with E-state index in [1.165, 1.54) is 0 Å². The van der Waals surface area contributed by atoms with Crippen molar-refractivity contribution in [1.29, 1.82) is 0 Å². The van der Waals surface area contributed by atoms with Gasteiger partial charge in [-0.05, 0) is 0 Å². The molecule has 0 saturated heterocycles. The molecule has 0 fully saturated rings. The van der Waals surface area contributed by atoms with Crippen molar-refractivity contribution >= 4 is 0 Å². The van der Waals surface area contributed by atoms with Crippen LogP contribution < -0.4 is 0 Å². The van der Waals surface area contributed by atoms with E-state index in [0.717, 1.165) is 0 Å². The molecule has 0 aromatic rings. The van der Waals surface area contributed by atoms with E-state index in [1.807, 2.05) is 0 Å². The van der Waals surface area contributed by atoms with Crippen LogP contribution in [0.1, 0.15) is 12.8 Å². The van der Waals surface area contributed by atoms with Crippen molar-refractivity contribution in [3.05, 3.63) is 0 Å². The fourth-order valence-corrected chi connectivity index (χ4v) is 1.03. The molecule has 0 aliphatic heterocycles. The van der Waals surface area contributed by atoms with Crippen LogP contribution >= 0.6 is 0 Å². The molecule has 128 valence electrons. The molecule has 0 spiro atoms. The van der Waals surface area contributed by atoms with E-state index in [-0.39, 0.29) is 0 Å². The highest BCUT2D eigenvalue weighted by atomic mass is 19.4. The van der Waals surface area contributed by atoms with Crippen LogP contribution in [0.4, 0.5) is 57.1 Å². The van der Waals surface area contributed by atoms with Crippen molar-refractivity contribution in [2.45, 2.75) is 49.1 Å². The van der Waals surface area contributed by atoms with Crippen LogP contribution in [0.15, 0.2) is 0 Å². The maximum atomic E-state index is 12.7. The minimum Gasteiger partial charge on any atom is -0.203 e. The topological polar surface area (TPSA) is 0 Å². The first-order valence-electron chi connectivity index (χ1n) is 4.76. The van der Waals surface area contributed by atoms with Crippen LogP contribution in [-0.4, -0.2) is 36.3 Å². The first kappa shape index (κ1) is 20.1. The first-order valence-corrected chi connectivity index (χ1v) is 4.76. The molecule has 0 unspecified atom stereocenters. The standard InChI is InChI=1S/C8H5F13/c9-3(10)6(16,17)8(20,21)7(18,19)4(11,12)1-2-5(13,14)15/h3H,1-2H2. The summed E-state index contributed by atoms with van der Waals surface area (Å²) >= 11 is 0. The van der Waals surface area contributed by atoms with Crippen molar-refractivity contribution < 1.29 is 57.1 Å². The third-order valence-corrected chi connectivity index (χ3v) is 2.27. The molecular formula is C8H5F13. The van der Waals surface area contributed by atoms with Gasteiger partial charge in [0, 0.05) is 12.8 Å². The molecule has 0 aliphatic carbocycles. The average molecular weight is 348 g/mol. The summed E-state index contributed by atoms with van der Waals surface area (Å²) < 4.78 is 159. The van der Waals surface area contributed by atoms with Crippen LogP contribution in [0.3, 0.4) is 0 Å². The quantitative estimate of drug-likeness (QED) is 0.584. The van der Waals surface area contributed by atoms with E-state index in [9.17, 15) is 57.1 Å². The van der Waals surface area contributed by atoms with E-state index in [4.69, 9.17) is 0 Å². The highest BCUT2D eigenvalue weighted by Gasteiger charge is 2.82. The smallest absolute Gasteiger partial charge is 0.203 e. The number of halogens is 13. The van der Waals surface area contributed by atoms with Gasteiger partial charge < -0.3 is 0 Å². The van der Waals surface area contributed by atoms with Crippen LogP contribution in [-0.2, 0) is 0 Å². The summed E-state index contributed by atoms with van der Waals surface area (Å²) in [6.07, 6.45) is -16.6. The highest BCUT2D eigenvalue weighted by molar-refractivity contribution is 5.04. The maximum absolute atomic E-state index is 12.7. The molecule has 0 atom stereocenters. The highest BCUT2D eigenvalue weighted by Crippen LogP contribution is 2.55. The lowest BCUT2D eigenvalue weighted by atomic mass is 9.95. The molecule has 0 heterocycles. The third-order valence-electron chi connectivity index (χ3n) is 2.27. The largest absolute Gasteiger partial charge is 0.389 e. The molecule has 0 aromatic heterocycles. The minimum atomic E-state index is -7.26. The maximum Gasteiger partial charge on any atom is 0.389 e. The molecule has 0 nitrogen and oxygen atoms in total. The summed E-state index contributed by atoms with van der Waals surface area (Å²) in [6, 6.07) is 0. The normalized spacial score (nSPS) is 15.7. The lowest BCUT2D eigenvalue weighted by Crippen LogP contribution is -2.64. The van der Waals surface area contributed by atoms with Gasteiger partial charge in [-0.1, -0.05) is 0 Å². The molecule has 0 N–H and O–H groups in total. The average Bonchev–Trinajstić information content (AvgIpc) is 2.24. The fraction of sp³-hybridized carbons (Fsp3) is 1.00. The van der Waals surface area contributed by atoms with Crippen molar-refractivity contribution in [2.24, 2.45) is 0 Å². The second kappa shape index (κ2) is 5.38. The van der Waals surface area contributed by atoms with Crippen molar-refractivity contribution in [3.63, 3.8) is 0 Å². The number of hydrogen-bond donors (Lipinski definition) is 0. The zero-order valence-corrected chi connectivity index (χ0v) is 9.41. The Kier molecular flexibility index (Phi) is 5.14. The summed E-state index contributed by atoms with van der Waals surface area (Å²) in [6.45, 7) is 0. The van der Waals surface area contributed by atoms with Gasteiger partial charge in [-0.2, -0.15) is 48.3 Å². The predicted octanol–water partition coefficient (Wildman–Crippen LogP) is 5.14. The van der Waals surface area contributed by atoms with Gasteiger partial charge in [-0.3, -0.25) is 0 Å². The Hall–Kier alpha value is -0.910. The van der Waals surface area contributed by atoms with E-state index < -0.39 is 49.1 Å². The molecule has 0 amide bonds. The molecule has 13 heteroatoms. The molecule has 0 saturated carbocycles. The molecular weight excluding hydrogens is 343 g/mol. The van der Waals surface area contributed by atoms with Crippen molar-refractivity contribution in [3.8, 4) is 0 Å². The lowest BCUT2D eigenvalue weighted by Gasteiger charge is -2.36. The zero-order chi connectivity index (χ0) is 17.5. The van der Waals surface area contributed by atoms with Crippen LogP contribution in [0, 0.1) is 0 Å². The van der Waals surface area contributed by atoms with E-state index in [0.29, 0.717) is 0 Å². The second-order valence-electron chi connectivity index (χ2n) is 3.89. The van der Waals surface area contributed by atoms with Gasteiger partial charge in [-0.25, -0.2) is 8.78 Å². The van der Waals surface area contributed by atoms with Crippen molar-refractivity contribution in [1.82, 2.24) is 0 Å². The molecule has 0 aromatic carbocycles. The van der Waals surface area contributed by atoms with Crippen molar-refractivity contribution in [2.75, 3.05) is 0 Å². The Bertz CT molecular complexity index is 352. The fourth-order valence-electron chi connectivity index (χ4n) is 1.03. The summed E-state index contributed by atoms with van der Waals surface area (Å²) in [5.41, 5.74) is 0. The van der Waals surface area contributed by atoms with E-state index >= 15 is 0 Å². The lowest BCUT2D eigenvalue weighted by molar-refractivity contribution is -0.385. The molecule has 21 heavy (non-hydrogen) atoms. The number of rotatable bonds is 6. The Morgan fingerprint density at radius 3 is 1.24 bits per heavy atom. The number of hydrogen-bond acceptors (Lipinski definition) is 0. The minimum absolute atomic E-state index is 2.70. The Morgan fingerprint density at radius 1 is 0.571 bits per heavy atom. The van der Waals surface area contributed by atoms with Gasteiger partial charge in [0.15, 0.2) is 0 Å².